The van der Waals surface area contributed by atoms with E-state index in [0.29, 0.717) is 12.0 Å². The molecule has 1 aliphatic heterocycles. The van der Waals surface area contributed by atoms with Gasteiger partial charge in [0.1, 0.15) is 0 Å². The van der Waals surface area contributed by atoms with Crippen LogP contribution >= 0.6 is 24.8 Å². The number of hydrogen-bond acceptors (Lipinski definition) is 2. The van der Waals surface area contributed by atoms with Gasteiger partial charge in [-0.1, -0.05) is 62.7 Å². The molecule has 4 heteroatoms. The minimum Gasteiger partial charge on any atom is -0.314 e. The van der Waals surface area contributed by atoms with Crippen LogP contribution in [-0.2, 0) is 0 Å². The second-order valence-electron chi connectivity index (χ2n) is 6.18. The lowest BCUT2D eigenvalue weighted by atomic mass is 9.87. The molecule has 1 fully saturated rings. The third kappa shape index (κ3) is 4.39. The molecule has 0 saturated carbocycles. The molecule has 0 aliphatic carbocycles. The van der Waals surface area contributed by atoms with Crippen LogP contribution in [0, 0.1) is 5.92 Å². The van der Waals surface area contributed by atoms with E-state index >= 15 is 0 Å². The Morgan fingerprint density at radius 3 is 2.35 bits per heavy atom. The highest BCUT2D eigenvalue weighted by atomic mass is 35.5. The van der Waals surface area contributed by atoms with Crippen molar-refractivity contribution in [2.75, 3.05) is 26.2 Å². The van der Waals surface area contributed by atoms with Crippen LogP contribution in [0.3, 0.4) is 0 Å². The van der Waals surface area contributed by atoms with Gasteiger partial charge in [-0.25, -0.2) is 0 Å². The van der Waals surface area contributed by atoms with Crippen molar-refractivity contribution in [3.63, 3.8) is 0 Å². The zero-order chi connectivity index (χ0) is 14.7. The number of halogens is 2. The van der Waals surface area contributed by atoms with Gasteiger partial charge in [-0.3, -0.25) is 4.90 Å². The second kappa shape index (κ2) is 9.48. The summed E-state index contributed by atoms with van der Waals surface area (Å²) in [6, 6.07) is 16.1. The Balaban J connectivity index is 0.00000132. The van der Waals surface area contributed by atoms with E-state index in [1.54, 1.807) is 0 Å². The van der Waals surface area contributed by atoms with Crippen molar-refractivity contribution in [3.8, 4) is 0 Å². The first kappa shape index (κ1) is 20.2. The van der Waals surface area contributed by atoms with Crippen molar-refractivity contribution < 1.29 is 0 Å². The van der Waals surface area contributed by atoms with Crippen LogP contribution in [0.2, 0.25) is 0 Å². The molecular weight excluding hydrogens is 327 g/mol. The quantitative estimate of drug-likeness (QED) is 0.857. The zero-order valence-corrected chi connectivity index (χ0v) is 15.6. The van der Waals surface area contributed by atoms with Crippen LogP contribution in [0.25, 0.3) is 10.8 Å². The highest BCUT2D eigenvalue weighted by Crippen LogP contribution is 2.35. The van der Waals surface area contributed by atoms with E-state index in [1.165, 1.54) is 22.8 Å². The number of rotatable bonds is 4. The van der Waals surface area contributed by atoms with Crippen molar-refractivity contribution in [2.45, 2.75) is 26.3 Å². The lowest BCUT2D eigenvalue weighted by Crippen LogP contribution is -2.46. The van der Waals surface area contributed by atoms with E-state index in [0.717, 1.165) is 26.2 Å². The van der Waals surface area contributed by atoms with Crippen molar-refractivity contribution in [2.24, 2.45) is 5.92 Å². The summed E-state index contributed by atoms with van der Waals surface area (Å²) in [7, 11) is 0. The Bertz CT molecular complexity index is 591. The summed E-state index contributed by atoms with van der Waals surface area (Å²) in [6.45, 7) is 9.23. The van der Waals surface area contributed by atoms with Gasteiger partial charge in [0.15, 0.2) is 0 Å². The first-order valence-electron chi connectivity index (χ1n) is 8.23. The summed E-state index contributed by atoms with van der Waals surface area (Å²) in [4.78, 5) is 2.67. The van der Waals surface area contributed by atoms with E-state index < -0.39 is 0 Å². The standard InChI is InChI=1S/C19H26N2.2ClH/c1-3-15(2)19(21-13-11-20-12-14-21)18-10-6-8-16-7-4-5-9-17(16)18;;/h4-10,15,19-20H,3,11-14H2,1-2H3;2*1H/t15?,19-;;/m0../s1. The van der Waals surface area contributed by atoms with Gasteiger partial charge in [-0.05, 0) is 22.3 Å². The van der Waals surface area contributed by atoms with Gasteiger partial charge in [0.2, 0.25) is 0 Å². The Labute approximate surface area is 152 Å². The Morgan fingerprint density at radius 2 is 1.65 bits per heavy atom. The van der Waals surface area contributed by atoms with E-state index in [4.69, 9.17) is 0 Å². The van der Waals surface area contributed by atoms with Gasteiger partial charge < -0.3 is 5.32 Å². The molecule has 1 aliphatic rings. The first-order chi connectivity index (χ1) is 10.3. The van der Waals surface area contributed by atoms with Gasteiger partial charge in [0, 0.05) is 32.2 Å². The van der Waals surface area contributed by atoms with Gasteiger partial charge in [-0.15, -0.1) is 24.8 Å². The molecule has 23 heavy (non-hydrogen) atoms. The molecule has 1 unspecified atom stereocenters. The Hall–Kier alpha value is -0.800. The van der Waals surface area contributed by atoms with Gasteiger partial charge in [0.25, 0.3) is 0 Å². The lowest BCUT2D eigenvalue weighted by Gasteiger charge is -2.39. The highest BCUT2D eigenvalue weighted by molar-refractivity contribution is 5.86. The predicted octanol–water partition coefficient (Wildman–Crippen LogP) is 4.68. The summed E-state index contributed by atoms with van der Waals surface area (Å²) < 4.78 is 0. The molecule has 0 spiro atoms. The summed E-state index contributed by atoms with van der Waals surface area (Å²) in [5, 5.41) is 6.25. The third-order valence-corrected chi connectivity index (χ3v) is 4.87. The molecule has 0 radical (unpaired) electrons. The molecule has 2 aromatic rings. The Kier molecular flexibility index (Phi) is 8.35. The van der Waals surface area contributed by atoms with Crippen molar-refractivity contribution in [1.82, 2.24) is 10.2 Å². The molecule has 0 amide bonds. The van der Waals surface area contributed by atoms with E-state index in [-0.39, 0.29) is 24.8 Å². The van der Waals surface area contributed by atoms with Crippen molar-refractivity contribution in [1.29, 1.82) is 0 Å². The fourth-order valence-corrected chi connectivity index (χ4v) is 3.56. The van der Waals surface area contributed by atoms with Crippen LogP contribution < -0.4 is 5.32 Å². The number of nitrogens with one attached hydrogen (secondary N) is 1. The maximum atomic E-state index is 3.47. The van der Waals surface area contributed by atoms with Crippen LogP contribution in [-0.4, -0.2) is 31.1 Å². The molecule has 128 valence electrons. The molecule has 1 heterocycles. The molecule has 3 rings (SSSR count). The topological polar surface area (TPSA) is 15.3 Å². The van der Waals surface area contributed by atoms with E-state index in [1.807, 2.05) is 0 Å². The average Bonchev–Trinajstić information content (AvgIpc) is 2.56. The molecule has 1 N–H and O–H groups in total. The van der Waals surface area contributed by atoms with Crippen molar-refractivity contribution in [3.05, 3.63) is 48.0 Å². The number of hydrogen-bond donors (Lipinski definition) is 1. The molecule has 1 saturated heterocycles. The van der Waals surface area contributed by atoms with E-state index in [2.05, 4.69) is 66.5 Å². The maximum Gasteiger partial charge on any atom is 0.0380 e. The second-order valence-corrected chi connectivity index (χ2v) is 6.18. The molecular formula is C19H28Cl2N2. The largest absolute Gasteiger partial charge is 0.314 e. The minimum absolute atomic E-state index is 0. The van der Waals surface area contributed by atoms with E-state index in [9.17, 15) is 0 Å². The smallest absolute Gasteiger partial charge is 0.0380 e. The number of nitrogens with zero attached hydrogens (tertiary/aromatic N) is 1. The fraction of sp³-hybridized carbons (Fsp3) is 0.474. The number of piperazine rings is 1. The minimum atomic E-state index is 0. The number of fused-ring (bicyclic) bond motifs is 1. The first-order valence-corrected chi connectivity index (χ1v) is 8.23. The van der Waals surface area contributed by atoms with Gasteiger partial charge in [-0.2, -0.15) is 0 Å². The average molecular weight is 355 g/mol. The van der Waals surface area contributed by atoms with Crippen LogP contribution in [0.4, 0.5) is 0 Å². The zero-order valence-electron chi connectivity index (χ0n) is 14.0. The van der Waals surface area contributed by atoms with Crippen LogP contribution in [0.5, 0.6) is 0 Å². The van der Waals surface area contributed by atoms with Crippen molar-refractivity contribution >= 4 is 35.6 Å². The third-order valence-electron chi connectivity index (χ3n) is 4.87. The number of benzene rings is 2. The predicted molar refractivity (Wildman–Crippen MR) is 105 cm³/mol. The highest BCUT2D eigenvalue weighted by Gasteiger charge is 2.27. The van der Waals surface area contributed by atoms with Gasteiger partial charge >= 0.3 is 0 Å². The molecule has 2 atom stereocenters. The van der Waals surface area contributed by atoms with Crippen LogP contribution in [0.15, 0.2) is 42.5 Å². The molecule has 0 bridgehead atoms. The normalized spacial score (nSPS) is 17.8. The van der Waals surface area contributed by atoms with Gasteiger partial charge in [0.05, 0.1) is 0 Å². The monoisotopic (exact) mass is 354 g/mol. The summed E-state index contributed by atoms with van der Waals surface area (Å²) in [5.41, 5.74) is 1.50. The van der Waals surface area contributed by atoms with Crippen LogP contribution in [0.1, 0.15) is 31.9 Å². The lowest BCUT2D eigenvalue weighted by molar-refractivity contribution is 0.129. The molecule has 2 nitrogen and oxygen atoms in total. The SMILES string of the molecule is CCC(C)[C@@H](c1cccc2ccccc12)N1CCNCC1.Cl.Cl. The summed E-state index contributed by atoms with van der Waals surface area (Å²) >= 11 is 0. The molecule has 0 aromatic heterocycles. The maximum absolute atomic E-state index is 3.47. The summed E-state index contributed by atoms with van der Waals surface area (Å²) in [6.07, 6.45) is 1.22. The summed E-state index contributed by atoms with van der Waals surface area (Å²) in [5.74, 6) is 0.675. The molecule has 2 aromatic carbocycles. The fourth-order valence-electron chi connectivity index (χ4n) is 3.56. The Morgan fingerprint density at radius 1 is 1.00 bits per heavy atom.